The number of carbonyl (C=O) groups is 3. The molecule has 1 fully saturated rings. The first-order valence-corrected chi connectivity index (χ1v) is 16.4. The monoisotopic (exact) mass is 666 g/mol. The Morgan fingerprint density at radius 2 is 1.75 bits per heavy atom. The standard InChI is InChI=1S/C35H44F2N6O5/c1-22(38-3)33(44)40-32(23(2)47-4)35(46)43-20-29(48-28-13-11-26(37)12-14-28)18-27(43)19-42(17-15-24-7-9-25(36)10-8-24)34(45)30-21-41-16-5-6-31(41)39-30/h7-14,21-23,27,29,32,38H,5-6,15-20H2,1-4H3,(H,40,44)/t22-,23+,27-,29-,32-/m0/s1. The number of nitrogens with zero attached hydrogens (tertiary/aromatic N) is 4. The fourth-order valence-corrected chi connectivity index (χ4v) is 6.18. The van der Waals surface area contributed by atoms with Gasteiger partial charge in [0.1, 0.15) is 41.0 Å². The summed E-state index contributed by atoms with van der Waals surface area (Å²) >= 11 is 0. The van der Waals surface area contributed by atoms with Gasteiger partial charge in [0, 0.05) is 45.8 Å². The van der Waals surface area contributed by atoms with Crippen LogP contribution in [0.3, 0.4) is 0 Å². The SMILES string of the molecule is CN[C@@H](C)C(=O)N[C@H](C(=O)N1C[C@@H](Oc2ccc(F)cc2)C[C@H]1CN(CCc1ccc(F)cc1)C(=O)c1cn2c(n1)CCC2)[C@@H](C)OC. The van der Waals surface area contributed by atoms with Crippen molar-refractivity contribution in [3.63, 3.8) is 0 Å². The Bertz CT molecular complexity index is 1540. The molecule has 5 rings (SSSR count). The predicted octanol–water partition coefficient (Wildman–Crippen LogP) is 2.97. The highest BCUT2D eigenvalue weighted by atomic mass is 19.1. The summed E-state index contributed by atoms with van der Waals surface area (Å²) < 4.78 is 41.0. The van der Waals surface area contributed by atoms with Crippen LogP contribution in [0.15, 0.2) is 54.7 Å². The maximum atomic E-state index is 14.3. The number of methoxy groups -OCH3 is 1. The second kappa shape index (κ2) is 15.7. The molecule has 2 aliphatic heterocycles. The molecule has 0 saturated carbocycles. The van der Waals surface area contributed by atoms with E-state index < -0.39 is 36.2 Å². The number of amides is 3. The molecule has 3 aromatic rings. The minimum Gasteiger partial charge on any atom is -0.489 e. The van der Waals surface area contributed by atoms with Crippen molar-refractivity contribution < 1.29 is 32.6 Å². The quantitative estimate of drug-likeness (QED) is 0.272. The van der Waals surface area contributed by atoms with Crippen LogP contribution in [0.25, 0.3) is 0 Å². The van der Waals surface area contributed by atoms with Gasteiger partial charge in [-0.15, -0.1) is 0 Å². The third-order valence-electron chi connectivity index (χ3n) is 9.19. The van der Waals surface area contributed by atoms with E-state index >= 15 is 0 Å². The molecule has 13 heteroatoms. The smallest absolute Gasteiger partial charge is 0.274 e. The Morgan fingerprint density at radius 3 is 2.40 bits per heavy atom. The van der Waals surface area contributed by atoms with E-state index in [0.717, 1.165) is 30.8 Å². The summed E-state index contributed by atoms with van der Waals surface area (Å²) in [7, 11) is 3.12. The minimum absolute atomic E-state index is 0.159. The molecule has 0 spiro atoms. The van der Waals surface area contributed by atoms with Gasteiger partial charge in [-0.3, -0.25) is 14.4 Å². The first-order valence-electron chi connectivity index (χ1n) is 16.4. The van der Waals surface area contributed by atoms with Crippen LogP contribution in [0.2, 0.25) is 0 Å². The number of nitrogens with one attached hydrogen (secondary N) is 2. The van der Waals surface area contributed by atoms with Crippen LogP contribution in [0.1, 0.15) is 48.6 Å². The highest BCUT2D eigenvalue weighted by Gasteiger charge is 2.43. The highest BCUT2D eigenvalue weighted by Crippen LogP contribution is 2.27. The average molecular weight is 667 g/mol. The zero-order valence-corrected chi connectivity index (χ0v) is 27.8. The van der Waals surface area contributed by atoms with Gasteiger partial charge in [0.05, 0.1) is 24.7 Å². The van der Waals surface area contributed by atoms with Crippen molar-refractivity contribution in [1.82, 2.24) is 30.0 Å². The molecular weight excluding hydrogens is 622 g/mol. The molecule has 3 amide bonds. The zero-order valence-electron chi connectivity index (χ0n) is 27.8. The normalized spacial score (nSPS) is 19.0. The summed E-state index contributed by atoms with van der Waals surface area (Å²) in [6, 6.07) is 9.75. The summed E-state index contributed by atoms with van der Waals surface area (Å²) in [5.74, 6) is -0.433. The number of likely N-dealkylation sites (N-methyl/N-ethyl adjacent to an activating group) is 1. The predicted molar refractivity (Wildman–Crippen MR) is 174 cm³/mol. The molecule has 2 aromatic carbocycles. The molecule has 11 nitrogen and oxygen atoms in total. The van der Waals surface area contributed by atoms with Crippen molar-refractivity contribution in [1.29, 1.82) is 0 Å². The first-order chi connectivity index (χ1) is 23.1. The fraction of sp³-hybridized carbons (Fsp3) is 0.486. The molecule has 2 N–H and O–H groups in total. The number of ether oxygens (including phenoxy) is 2. The van der Waals surface area contributed by atoms with Gasteiger partial charge in [0.15, 0.2) is 0 Å². The lowest BCUT2D eigenvalue weighted by atomic mass is 10.1. The number of aryl methyl sites for hydroxylation is 2. The number of aromatic nitrogens is 2. The van der Waals surface area contributed by atoms with Crippen LogP contribution >= 0.6 is 0 Å². The number of hydrogen-bond acceptors (Lipinski definition) is 7. The van der Waals surface area contributed by atoms with E-state index in [4.69, 9.17) is 9.47 Å². The lowest BCUT2D eigenvalue weighted by Crippen LogP contribution is -2.58. The molecule has 0 bridgehead atoms. The summed E-state index contributed by atoms with van der Waals surface area (Å²) in [4.78, 5) is 49.3. The van der Waals surface area contributed by atoms with Gasteiger partial charge in [0.25, 0.3) is 5.91 Å². The van der Waals surface area contributed by atoms with Gasteiger partial charge in [0.2, 0.25) is 11.8 Å². The molecule has 1 aromatic heterocycles. The summed E-state index contributed by atoms with van der Waals surface area (Å²) in [5, 5.41) is 5.72. The van der Waals surface area contributed by atoms with Gasteiger partial charge < -0.3 is 34.5 Å². The van der Waals surface area contributed by atoms with Crippen molar-refractivity contribution in [3.05, 3.63) is 83.4 Å². The molecule has 0 unspecified atom stereocenters. The number of fused-ring (bicyclic) bond motifs is 1. The van der Waals surface area contributed by atoms with Crippen molar-refractivity contribution >= 4 is 17.7 Å². The van der Waals surface area contributed by atoms with Gasteiger partial charge in [-0.1, -0.05) is 12.1 Å². The van der Waals surface area contributed by atoms with E-state index in [1.807, 2.05) is 4.57 Å². The molecule has 258 valence electrons. The number of halogens is 2. The molecule has 3 heterocycles. The molecular formula is C35H44F2N6O5. The lowest BCUT2D eigenvalue weighted by molar-refractivity contribution is -0.141. The lowest BCUT2D eigenvalue weighted by Gasteiger charge is -2.34. The number of benzene rings is 2. The molecule has 5 atom stereocenters. The van der Waals surface area contributed by atoms with E-state index in [-0.39, 0.29) is 36.6 Å². The van der Waals surface area contributed by atoms with Gasteiger partial charge in [-0.05, 0) is 75.7 Å². The van der Waals surface area contributed by atoms with Crippen LogP contribution in [-0.2, 0) is 33.7 Å². The summed E-state index contributed by atoms with van der Waals surface area (Å²) in [6.45, 7) is 4.82. The second-order valence-electron chi connectivity index (χ2n) is 12.5. The van der Waals surface area contributed by atoms with Gasteiger partial charge in [-0.25, -0.2) is 13.8 Å². The van der Waals surface area contributed by atoms with E-state index in [9.17, 15) is 23.2 Å². The van der Waals surface area contributed by atoms with Gasteiger partial charge in [-0.2, -0.15) is 0 Å². The highest BCUT2D eigenvalue weighted by molar-refractivity contribution is 5.93. The molecule has 48 heavy (non-hydrogen) atoms. The van der Waals surface area contributed by atoms with Crippen LogP contribution in [-0.4, -0.2) is 101 Å². The van der Waals surface area contributed by atoms with E-state index in [1.54, 1.807) is 49.0 Å². The van der Waals surface area contributed by atoms with Crippen LogP contribution < -0.4 is 15.4 Å². The van der Waals surface area contributed by atoms with E-state index in [2.05, 4.69) is 15.6 Å². The third kappa shape index (κ3) is 8.37. The maximum Gasteiger partial charge on any atom is 0.274 e. The fourth-order valence-electron chi connectivity index (χ4n) is 6.18. The molecule has 2 aliphatic rings. The zero-order chi connectivity index (χ0) is 34.4. The van der Waals surface area contributed by atoms with Crippen LogP contribution in [0.4, 0.5) is 8.78 Å². The number of hydrogen-bond donors (Lipinski definition) is 2. The topological polar surface area (TPSA) is 118 Å². The van der Waals surface area contributed by atoms with Gasteiger partial charge >= 0.3 is 0 Å². The second-order valence-corrected chi connectivity index (χ2v) is 12.5. The first kappa shape index (κ1) is 35.0. The Morgan fingerprint density at radius 1 is 1.06 bits per heavy atom. The third-order valence-corrected chi connectivity index (χ3v) is 9.19. The van der Waals surface area contributed by atoms with Crippen molar-refractivity contribution in [3.8, 4) is 5.75 Å². The summed E-state index contributed by atoms with van der Waals surface area (Å²) in [6.07, 6.45) is 3.25. The van der Waals surface area contributed by atoms with Crippen molar-refractivity contribution in [2.24, 2.45) is 0 Å². The van der Waals surface area contributed by atoms with Crippen LogP contribution in [0.5, 0.6) is 5.75 Å². The largest absolute Gasteiger partial charge is 0.489 e. The Kier molecular flexibility index (Phi) is 11.4. The number of imidazole rings is 1. The number of likely N-dealkylation sites (tertiary alicyclic amines) is 1. The van der Waals surface area contributed by atoms with Crippen molar-refractivity contribution in [2.45, 2.75) is 76.4 Å². The molecule has 0 radical (unpaired) electrons. The number of rotatable bonds is 14. The Hall–Kier alpha value is -4.36. The van der Waals surface area contributed by atoms with E-state index in [0.29, 0.717) is 30.8 Å². The van der Waals surface area contributed by atoms with Crippen molar-refractivity contribution in [2.75, 3.05) is 33.8 Å². The average Bonchev–Trinajstić information content (AvgIpc) is 3.81. The van der Waals surface area contributed by atoms with Crippen LogP contribution in [0, 0.1) is 11.6 Å². The Balaban J connectivity index is 1.43. The summed E-state index contributed by atoms with van der Waals surface area (Å²) in [5.41, 5.74) is 1.19. The molecule has 0 aliphatic carbocycles. The minimum atomic E-state index is -1.01. The maximum absolute atomic E-state index is 14.3. The number of carbonyl (C=O) groups excluding carboxylic acids is 3. The molecule has 1 saturated heterocycles. The Labute approximate surface area is 279 Å². The van der Waals surface area contributed by atoms with E-state index in [1.165, 1.54) is 43.5 Å².